The Hall–Kier alpha value is -1.99. The average Bonchev–Trinajstić information content (AvgIpc) is 2.45. The predicted octanol–water partition coefficient (Wildman–Crippen LogP) is 3.20. The molecule has 0 saturated heterocycles. The second kappa shape index (κ2) is 12.5. The monoisotopic (exact) mass is 333 g/mol. The molecule has 0 aromatic carbocycles. The molecule has 0 radical (unpaired) electrons. The maximum absolute atomic E-state index is 11.6. The van der Waals surface area contributed by atoms with Crippen LogP contribution in [0.5, 0.6) is 0 Å². The second-order valence-electron chi connectivity index (χ2n) is 5.40. The molecule has 1 rings (SSSR count). The van der Waals surface area contributed by atoms with Crippen molar-refractivity contribution in [2.75, 3.05) is 6.54 Å². The molecule has 134 valence electrons. The lowest BCUT2D eigenvalue weighted by Crippen LogP contribution is -2.34. The molecule has 0 aliphatic heterocycles. The van der Waals surface area contributed by atoms with Crippen LogP contribution in [-0.2, 0) is 14.3 Å². The van der Waals surface area contributed by atoms with Gasteiger partial charge in [-0.1, -0.05) is 26.2 Å². The number of hydrogen-bond acceptors (Lipinski definition) is 5. The van der Waals surface area contributed by atoms with E-state index >= 15 is 0 Å². The summed E-state index contributed by atoms with van der Waals surface area (Å²) >= 11 is 0. The molecule has 1 fully saturated rings. The van der Waals surface area contributed by atoms with Gasteiger partial charge in [-0.15, -0.1) is 0 Å². The van der Waals surface area contributed by atoms with Crippen molar-refractivity contribution in [3.63, 3.8) is 0 Å². The number of esters is 1. The number of amides is 1. The lowest BCUT2D eigenvalue weighted by Gasteiger charge is -2.22. The van der Waals surface area contributed by atoms with Crippen LogP contribution in [-0.4, -0.2) is 41.3 Å². The molecule has 0 heterocycles. The van der Waals surface area contributed by atoms with Gasteiger partial charge in [0.1, 0.15) is 0 Å². The standard InChI is InChI=1S/C14H25NO4.CH2O3/c1-3-7-13(18-11(2)16)19-14(17)15-10-12-8-5-4-6-9-12;2-1(3)4/h12-13H,3-10H2,1-2H3,(H,15,17);(H2,2,3,4). The number of hydrogen-bond donors (Lipinski definition) is 3. The molecule has 1 amide bonds. The van der Waals surface area contributed by atoms with E-state index in [0.717, 1.165) is 6.42 Å². The highest BCUT2D eigenvalue weighted by Gasteiger charge is 2.18. The van der Waals surface area contributed by atoms with Gasteiger partial charge in [0.05, 0.1) is 0 Å². The van der Waals surface area contributed by atoms with Crippen molar-refractivity contribution in [1.82, 2.24) is 5.32 Å². The largest absolute Gasteiger partial charge is 0.503 e. The summed E-state index contributed by atoms with van der Waals surface area (Å²) in [7, 11) is 0. The van der Waals surface area contributed by atoms with Crippen molar-refractivity contribution in [1.29, 1.82) is 0 Å². The van der Waals surface area contributed by atoms with Crippen LogP contribution in [0.4, 0.5) is 9.59 Å². The number of carbonyl (C=O) groups excluding carboxylic acids is 2. The molecule has 1 unspecified atom stereocenters. The first-order valence-electron chi connectivity index (χ1n) is 7.88. The Kier molecular flexibility index (Phi) is 11.5. The maximum atomic E-state index is 11.6. The Bertz CT molecular complexity index is 363. The van der Waals surface area contributed by atoms with Crippen LogP contribution in [0.15, 0.2) is 0 Å². The van der Waals surface area contributed by atoms with E-state index < -0.39 is 24.5 Å². The number of carboxylic acid groups (broad SMARTS) is 2. The minimum atomic E-state index is -1.83. The fourth-order valence-electron chi connectivity index (χ4n) is 2.34. The highest BCUT2D eigenvalue weighted by Crippen LogP contribution is 2.22. The van der Waals surface area contributed by atoms with Crippen LogP contribution in [0.2, 0.25) is 0 Å². The van der Waals surface area contributed by atoms with Gasteiger partial charge in [-0.05, 0) is 25.2 Å². The van der Waals surface area contributed by atoms with Gasteiger partial charge >= 0.3 is 18.2 Å². The zero-order valence-electron chi connectivity index (χ0n) is 13.7. The van der Waals surface area contributed by atoms with Crippen LogP contribution < -0.4 is 5.32 Å². The van der Waals surface area contributed by atoms with Crippen molar-refractivity contribution >= 4 is 18.2 Å². The molecule has 1 aliphatic rings. The molecule has 1 atom stereocenters. The normalized spacial score (nSPS) is 15.6. The fraction of sp³-hybridized carbons (Fsp3) is 0.800. The van der Waals surface area contributed by atoms with Crippen LogP contribution in [0.1, 0.15) is 58.8 Å². The maximum Gasteiger partial charge on any atom is 0.503 e. The molecule has 8 heteroatoms. The summed E-state index contributed by atoms with van der Waals surface area (Å²) in [5.74, 6) is 0.123. The van der Waals surface area contributed by atoms with Gasteiger partial charge in [0.2, 0.25) is 6.29 Å². The third-order valence-corrected chi connectivity index (χ3v) is 3.32. The van der Waals surface area contributed by atoms with Crippen molar-refractivity contribution in [3.05, 3.63) is 0 Å². The van der Waals surface area contributed by atoms with Crippen LogP contribution in [0, 0.1) is 5.92 Å². The zero-order valence-corrected chi connectivity index (χ0v) is 13.7. The van der Waals surface area contributed by atoms with Crippen molar-refractivity contribution in [3.8, 4) is 0 Å². The molecule has 0 aromatic rings. The number of alkyl carbamates (subject to hydrolysis) is 1. The quantitative estimate of drug-likeness (QED) is 0.504. The summed E-state index contributed by atoms with van der Waals surface area (Å²) in [6.07, 6.45) is 4.33. The Balaban J connectivity index is 0.00000108. The van der Waals surface area contributed by atoms with Gasteiger partial charge in [-0.25, -0.2) is 9.59 Å². The van der Waals surface area contributed by atoms with E-state index in [1.54, 1.807) is 0 Å². The highest BCUT2D eigenvalue weighted by molar-refractivity contribution is 5.68. The van der Waals surface area contributed by atoms with Crippen LogP contribution in [0.3, 0.4) is 0 Å². The molecule has 1 aliphatic carbocycles. The van der Waals surface area contributed by atoms with E-state index in [4.69, 9.17) is 24.5 Å². The third-order valence-electron chi connectivity index (χ3n) is 3.32. The van der Waals surface area contributed by atoms with Crippen molar-refractivity contribution in [2.45, 2.75) is 65.1 Å². The summed E-state index contributed by atoms with van der Waals surface area (Å²) in [6.45, 7) is 3.91. The van der Waals surface area contributed by atoms with E-state index in [2.05, 4.69) is 5.32 Å². The first-order valence-corrected chi connectivity index (χ1v) is 7.88. The second-order valence-corrected chi connectivity index (χ2v) is 5.40. The minimum absolute atomic E-state index is 0.432. The Morgan fingerprint density at radius 3 is 2.17 bits per heavy atom. The number of nitrogens with one attached hydrogen (secondary N) is 1. The molecule has 3 N–H and O–H groups in total. The Labute approximate surface area is 136 Å². The van der Waals surface area contributed by atoms with Gasteiger partial charge < -0.3 is 25.0 Å². The molecular weight excluding hydrogens is 306 g/mol. The summed E-state index contributed by atoms with van der Waals surface area (Å²) in [6, 6.07) is 0. The van der Waals surface area contributed by atoms with Crippen molar-refractivity contribution in [2.24, 2.45) is 5.92 Å². The highest BCUT2D eigenvalue weighted by atomic mass is 16.7. The van der Waals surface area contributed by atoms with E-state index in [9.17, 15) is 9.59 Å². The van der Waals surface area contributed by atoms with Gasteiger partial charge in [0, 0.05) is 19.9 Å². The van der Waals surface area contributed by atoms with Crippen LogP contribution >= 0.6 is 0 Å². The molecular formula is C15H27NO7. The summed E-state index contributed by atoms with van der Waals surface area (Å²) in [5, 5.41) is 16.7. The molecule has 23 heavy (non-hydrogen) atoms. The average molecular weight is 333 g/mol. The number of rotatable bonds is 6. The third kappa shape index (κ3) is 13.4. The Morgan fingerprint density at radius 1 is 1.13 bits per heavy atom. The van der Waals surface area contributed by atoms with Gasteiger partial charge in [-0.2, -0.15) is 0 Å². The first-order chi connectivity index (χ1) is 10.8. The van der Waals surface area contributed by atoms with Gasteiger partial charge in [0.15, 0.2) is 0 Å². The topological polar surface area (TPSA) is 122 Å². The molecule has 0 spiro atoms. The predicted molar refractivity (Wildman–Crippen MR) is 82.2 cm³/mol. The summed E-state index contributed by atoms with van der Waals surface area (Å²) < 4.78 is 10.0. The van der Waals surface area contributed by atoms with Gasteiger partial charge in [-0.3, -0.25) is 4.79 Å². The molecule has 0 aromatic heterocycles. The molecule has 8 nitrogen and oxygen atoms in total. The SMILES string of the molecule is CCCC(OC(C)=O)OC(=O)NCC1CCCCC1.O=C(O)O. The van der Waals surface area contributed by atoms with E-state index in [1.807, 2.05) is 6.92 Å². The zero-order chi connectivity index (χ0) is 17.7. The van der Waals surface area contributed by atoms with E-state index in [0.29, 0.717) is 18.9 Å². The molecule has 1 saturated carbocycles. The fourth-order valence-corrected chi connectivity index (χ4v) is 2.34. The smallest absolute Gasteiger partial charge is 0.450 e. The number of ether oxygens (including phenoxy) is 2. The Morgan fingerprint density at radius 2 is 1.70 bits per heavy atom. The van der Waals surface area contributed by atoms with E-state index in [-0.39, 0.29) is 0 Å². The lowest BCUT2D eigenvalue weighted by molar-refractivity contribution is -0.166. The molecule has 0 bridgehead atoms. The summed E-state index contributed by atoms with van der Waals surface area (Å²) in [5.41, 5.74) is 0. The van der Waals surface area contributed by atoms with Crippen LogP contribution in [0.25, 0.3) is 0 Å². The lowest BCUT2D eigenvalue weighted by atomic mass is 9.89. The van der Waals surface area contributed by atoms with Crippen molar-refractivity contribution < 1.29 is 34.1 Å². The minimum Gasteiger partial charge on any atom is -0.450 e. The van der Waals surface area contributed by atoms with E-state index in [1.165, 1.54) is 39.0 Å². The van der Waals surface area contributed by atoms with Gasteiger partial charge in [0.25, 0.3) is 0 Å². The first kappa shape index (κ1) is 21.0. The summed E-state index contributed by atoms with van der Waals surface area (Å²) in [4.78, 5) is 31.1. The number of carbonyl (C=O) groups is 3.